The molecule has 0 bridgehead atoms. The zero-order chi connectivity index (χ0) is 21.3. The molecule has 0 amide bonds. The zero-order valence-electron chi connectivity index (χ0n) is 17.0. The summed E-state index contributed by atoms with van der Waals surface area (Å²) in [6.07, 6.45) is 4.07. The Hall–Kier alpha value is -3.08. The van der Waals surface area contributed by atoms with Crippen molar-refractivity contribution in [3.8, 4) is 23.5 Å². The third kappa shape index (κ3) is 5.96. The topological polar surface area (TPSA) is 84.4 Å². The quantitative estimate of drug-likeness (QED) is 0.428. The monoisotopic (exact) mass is 424 g/mol. The van der Waals surface area contributed by atoms with Gasteiger partial charge < -0.3 is 14.6 Å². The minimum Gasteiger partial charge on any atom is -0.495 e. The highest BCUT2D eigenvalue weighted by molar-refractivity contribution is 7.09. The number of rotatable bonds is 8. The number of aromatic nitrogens is 2. The van der Waals surface area contributed by atoms with Crippen LogP contribution in [0.4, 0.5) is 0 Å². The second-order valence-electron chi connectivity index (χ2n) is 6.61. The van der Waals surface area contributed by atoms with Crippen molar-refractivity contribution in [1.29, 1.82) is 0 Å². The van der Waals surface area contributed by atoms with Gasteiger partial charge in [-0.3, -0.25) is 14.8 Å². The van der Waals surface area contributed by atoms with Gasteiger partial charge in [-0.2, -0.15) is 0 Å². The standard InChI is InChI=1S/C23H24N2O4S/c1-3-16-6-8-19(24-15-16)10-12-29-11-4-5-18-13-17(7-9-20(18)28-2)14-21-22(26)25-23(27)30-21/h6-9,13,15,26H,3,10-12,14H2,1-2H3,(H,25,27). The molecule has 0 aliphatic rings. The Morgan fingerprint density at radius 2 is 2.07 bits per heavy atom. The zero-order valence-corrected chi connectivity index (χ0v) is 17.8. The Bertz CT molecular complexity index is 1090. The molecule has 2 N–H and O–H groups in total. The molecule has 0 spiro atoms. The van der Waals surface area contributed by atoms with Crippen molar-refractivity contribution in [2.45, 2.75) is 26.2 Å². The van der Waals surface area contributed by atoms with Crippen molar-refractivity contribution in [3.63, 3.8) is 0 Å². The summed E-state index contributed by atoms with van der Waals surface area (Å²) in [5, 5.41) is 9.78. The van der Waals surface area contributed by atoms with Crippen LogP contribution >= 0.6 is 11.3 Å². The van der Waals surface area contributed by atoms with E-state index in [1.165, 1.54) is 5.56 Å². The highest BCUT2D eigenvalue weighted by Gasteiger charge is 2.09. The Morgan fingerprint density at radius 3 is 2.73 bits per heavy atom. The average molecular weight is 425 g/mol. The number of hydrogen-bond acceptors (Lipinski definition) is 6. The van der Waals surface area contributed by atoms with Crippen LogP contribution in [0.1, 0.15) is 34.2 Å². The smallest absolute Gasteiger partial charge is 0.307 e. The number of aromatic amines is 1. The summed E-state index contributed by atoms with van der Waals surface area (Å²) in [6, 6.07) is 9.74. The molecule has 6 nitrogen and oxygen atoms in total. The fourth-order valence-electron chi connectivity index (χ4n) is 2.86. The van der Waals surface area contributed by atoms with Gasteiger partial charge in [0, 0.05) is 24.7 Å². The molecule has 0 saturated carbocycles. The van der Waals surface area contributed by atoms with E-state index in [0.717, 1.165) is 41.0 Å². The van der Waals surface area contributed by atoms with Crippen LogP contribution < -0.4 is 9.61 Å². The molecule has 30 heavy (non-hydrogen) atoms. The lowest BCUT2D eigenvalue weighted by Gasteiger charge is -2.06. The van der Waals surface area contributed by atoms with Gasteiger partial charge in [-0.1, -0.05) is 42.2 Å². The van der Waals surface area contributed by atoms with Gasteiger partial charge in [0.1, 0.15) is 12.4 Å². The number of nitrogens with one attached hydrogen (secondary N) is 1. The number of pyridine rings is 1. The minimum atomic E-state index is -0.273. The van der Waals surface area contributed by atoms with Gasteiger partial charge in [-0.25, -0.2) is 0 Å². The van der Waals surface area contributed by atoms with Crippen LogP contribution in [0.15, 0.2) is 41.3 Å². The fourth-order valence-corrected chi connectivity index (χ4v) is 3.62. The number of methoxy groups -OCH3 is 1. The normalized spacial score (nSPS) is 10.5. The third-order valence-corrected chi connectivity index (χ3v) is 5.39. The van der Waals surface area contributed by atoms with Gasteiger partial charge in [0.2, 0.25) is 5.88 Å². The van der Waals surface area contributed by atoms with Gasteiger partial charge >= 0.3 is 4.87 Å². The number of nitrogens with zero attached hydrogens (tertiary/aromatic N) is 1. The Balaban J connectivity index is 1.56. The molecule has 3 aromatic rings. The molecule has 3 rings (SSSR count). The predicted molar refractivity (Wildman–Crippen MR) is 117 cm³/mol. The highest BCUT2D eigenvalue weighted by Crippen LogP contribution is 2.24. The van der Waals surface area contributed by atoms with E-state index < -0.39 is 0 Å². The molecule has 1 aromatic carbocycles. The number of H-pyrrole nitrogens is 1. The average Bonchev–Trinajstić information content (AvgIpc) is 3.07. The van der Waals surface area contributed by atoms with Crippen molar-refractivity contribution in [1.82, 2.24) is 9.97 Å². The largest absolute Gasteiger partial charge is 0.495 e. The molecule has 0 fully saturated rings. The Labute approximate surface area is 179 Å². The number of hydrogen-bond donors (Lipinski definition) is 2. The number of ether oxygens (including phenoxy) is 2. The molecule has 7 heteroatoms. The lowest BCUT2D eigenvalue weighted by atomic mass is 10.1. The molecule has 0 radical (unpaired) electrons. The molecular formula is C23H24N2O4S. The van der Waals surface area contributed by atoms with Crippen LogP contribution in [-0.4, -0.2) is 35.4 Å². The second kappa shape index (κ2) is 10.6. The predicted octanol–water partition coefficient (Wildman–Crippen LogP) is 3.31. The molecule has 0 saturated heterocycles. The Kier molecular flexibility index (Phi) is 7.66. The summed E-state index contributed by atoms with van der Waals surface area (Å²) < 4.78 is 11.0. The van der Waals surface area contributed by atoms with Crippen molar-refractivity contribution >= 4 is 11.3 Å². The molecule has 0 aliphatic heterocycles. The van der Waals surface area contributed by atoms with Gasteiger partial charge in [0.15, 0.2) is 0 Å². The first-order chi connectivity index (χ1) is 14.6. The summed E-state index contributed by atoms with van der Waals surface area (Å²) in [6.45, 7) is 2.97. The maximum atomic E-state index is 11.4. The maximum Gasteiger partial charge on any atom is 0.307 e. The van der Waals surface area contributed by atoms with Crippen LogP contribution in [-0.2, 0) is 24.0 Å². The van der Waals surface area contributed by atoms with Gasteiger partial charge in [-0.15, -0.1) is 0 Å². The van der Waals surface area contributed by atoms with Crippen molar-refractivity contribution in [2.24, 2.45) is 0 Å². The molecule has 0 atom stereocenters. The molecule has 0 aliphatic carbocycles. The number of thiazole rings is 1. The Morgan fingerprint density at radius 1 is 1.23 bits per heavy atom. The maximum absolute atomic E-state index is 11.4. The summed E-state index contributed by atoms with van der Waals surface area (Å²) in [4.78, 5) is 18.5. The first-order valence-electron chi connectivity index (χ1n) is 9.67. The number of aryl methyl sites for hydroxylation is 1. The van der Waals surface area contributed by atoms with E-state index in [1.807, 2.05) is 30.5 Å². The molecule has 2 aromatic heterocycles. The van der Waals surface area contributed by atoms with Crippen LogP contribution in [0.5, 0.6) is 11.6 Å². The van der Waals surface area contributed by atoms with E-state index in [0.29, 0.717) is 30.3 Å². The lowest BCUT2D eigenvalue weighted by Crippen LogP contribution is -2.01. The van der Waals surface area contributed by atoms with E-state index >= 15 is 0 Å². The van der Waals surface area contributed by atoms with Gasteiger partial charge in [0.25, 0.3) is 0 Å². The molecule has 0 unspecified atom stereocenters. The van der Waals surface area contributed by atoms with Crippen LogP contribution in [0.25, 0.3) is 0 Å². The van der Waals surface area contributed by atoms with E-state index in [1.54, 1.807) is 7.11 Å². The first kappa shape index (κ1) is 21.6. The summed E-state index contributed by atoms with van der Waals surface area (Å²) in [5.74, 6) is 6.67. The summed E-state index contributed by atoms with van der Waals surface area (Å²) >= 11 is 0.999. The minimum absolute atomic E-state index is 0.0827. The van der Waals surface area contributed by atoms with Crippen LogP contribution in [0.3, 0.4) is 0 Å². The van der Waals surface area contributed by atoms with Crippen molar-refractivity contribution in [2.75, 3.05) is 20.3 Å². The lowest BCUT2D eigenvalue weighted by molar-refractivity contribution is 0.170. The summed E-state index contributed by atoms with van der Waals surface area (Å²) in [5.41, 5.74) is 3.89. The number of aromatic hydroxyl groups is 1. The van der Waals surface area contributed by atoms with Crippen LogP contribution in [0, 0.1) is 11.8 Å². The van der Waals surface area contributed by atoms with E-state index in [-0.39, 0.29) is 10.8 Å². The number of benzene rings is 1. The van der Waals surface area contributed by atoms with Gasteiger partial charge in [0.05, 0.1) is 24.2 Å². The van der Waals surface area contributed by atoms with E-state index in [2.05, 4.69) is 34.8 Å². The SMILES string of the molecule is CCc1ccc(CCOCC#Cc2cc(Cc3sc(=O)[nH]c3O)ccc2OC)nc1. The second-order valence-corrected chi connectivity index (χ2v) is 7.68. The van der Waals surface area contributed by atoms with E-state index in [4.69, 9.17) is 9.47 Å². The van der Waals surface area contributed by atoms with Gasteiger partial charge in [-0.05, 0) is 35.7 Å². The molecule has 2 heterocycles. The van der Waals surface area contributed by atoms with Crippen LogP contribution in [0.2, 0.25) is 0 Å². The van der Waals surface area contributed by atoms with Crippen molar-refractivity contribution < 1.29 is 14.6 Å². The first-order valence-corrected chi connectivity index (χ1v) is 10.5. The summed E-state index contributed by atoms with van der Waals surface area (Å²) in [7, 11) is 1.59. The molecular weight excluding hydrogens is 400 g/mol. The molecule has 156 valence electrons. The fraction of sp³-hybridized carbons (Fsp3) is 0.304. The van der Waals surface area contributed by atoms with Crippen molar-refractivity contribution in [3.05, 3.63) is 73.5 Å². The third-order valence-electron chi connectivity index (χ3n) is 4.52. The van der Waals surface area contributed by atoms with E-state index in [9.17, 15) is 9.90 Å². The highest BCUT2D eigenvalue weighted by atomic mass is 32.1.